The lowest BCUT2D eigenvalue weighted by Crippen LogP contribution is -2.24. The van der Waals surface area contributed by atoms with E-state index >= 15 is 0 Å². The van der Waals surface area contributed by atoms with Crippen molar-refractivity contribution in [3.8, 4) is 0 Å². The van der Waals surface area contributed by atoms with Crippen LogP contribution in [0.5, 0.6) is 0 Å². The molecule has 6 heteroatoms. The Morgan fingerprint density at radius 2 is 1.93 bits per heavy atom. The van der Waals surface area contributed by atoms with Crippen LogP contribution in [0.15, 0.2) is 0 Å². The lowest BCUT2D eigenvalue weighted by atomic mass is 10.4. The molecule has 0 spiro atoms. The van der Waals surface area contributed by atoms with Crippen LogP contribution >= 0.6 is 21.6 Å². The van der Waals surface area contributed by atoms with Gasteiger partial charge in [-0.05, 0) is 0 Å². The Hall–Kier alpha value is -0.360. The molecule has 0 aliphatic heterocycles. The number of carbonyl (C=O) groups is 2. The van der Waals surface area contributed by atoms with E-state index in [2.05, 4.69) is 5.32 Å². The topological polar surface area (TPSA) is 66.4 Å². The summed E-state index contributed by atoms with van der Waals surface area (Å²) in [5, 5.41) is 11.1. The number of carboxylic acid groups (broad SMARTS) is 1. The number of rotatable bonds is 8. The first-order valence-electron chi connectivity index (χ1n) is 4.39. The highest BCUT2D eigenvalue weighted by molar-refractivity contribution is 8.76. The van der Waals surface area contributed by atoms with Gasteiger partial charge in [-0.2, -0.15) is 0 Å². The predicted octanol–water partition coefficient (Wildman–Crippen LogP) is 1.37. The van der Waals surface area contributed by atoms with E-state index in [0.29, 0.717) is 18.7 Å². The van der Waals surface area contributed by atoms with Gasteiger partial charge in [-0.3, -0.25) is 9.59 Å². The maximum atomic E-state index is 10.8. The third-order valence-electron chi connectivity index (χ3n) is 1.31. The zero-order valence-corrected chi connectivity index (χ0v) is 9.75. The molecule has 0 aliphatic carbocycles. The first-order valence-corrected chi connectivity index (χ1v) is 6.88. The molecule has 14 heavy (non-hydrogen) atoms. The monoisotopic (exact) mass is 237 g/mol. The molecule has 0 heterocycles. The van der Waals surface area contributed by atoms with Gasteiger partial charge in [-0.25, -0.2) is 0 Å². The lowest BCUT2D eigenvalue weighted by Gasteiger charge is -2.02. The third kappa shape index (κ3) is 9.73. The Balaban J connectivity index is 3.06. The summed E-state index contributed by atoms with van der Waals surface area (Å²) in [6, 6.07) is 0. The number of carboxylic acids is 1. The van der Waals surface area contributed by atoms with E-state index in [0.717, 1.165) is 5.75 Å². The van der Waals surface area contributed by atoms with Crippen molar-refractivity contribution in [3.63, 3.8) is 0 Å². The van der Waals surface area contributed by atoms with E-state index in [1.165, 1.54) is 10.8 Å². The number of carbonyl (C=O) groups excluding carboxylic acids is 1. The fourth-order valence-electron chi connectivity index (χ4n) is 0.604. The van der Waals surface area contributed by atoms with Gasteiger partial charge in [-0.1, -0.05) is 28.5 Å². The second kappa shape index (κ2) is 9.21. The molecule has 0 saturated heterocycles. The normalized spacial score (nSPS) is 9.79. The number of aliphatic carboxylic acids is 1. The summed E-state index contributed by atoms with van der Waals surface area (Å²) in [7, 11) is 3.11. The molecule has 0 rings (SSSR count). The van der Waals surface area contributed by atoms with Crippen molar-refractivity contribution in [2.75, 3.05) is 18.1 Å². The molecule has 82 valence electrons. The molecule has 2 N–H and O–H groups in total. The molecule has 0 atom stereocenters. The highest BCUT2D eigenvalue weighted by atomic mass is 33.1. The van der Waals surface area contributed by atoms with E-state index < -0.39 is 5.97 Å². The van der Waals surface area contributed by atoms with Gasteiger partial charge < -0.3 is 10.4 Å². The Morgan fingerprint density at radius 1 is 1.29 bits per heavy atom. The van der Waals surface area contributed by atoms with Crippen LogP contribution in [0.3, 0.4) is 0 Å². The average Bonchev–Trinajstić information content (AvgIpc) is 2.15. The number of amides is 1. The van der Waals surface area contributed by atoms with Crippen molar-refractivity contribution < 1.29 is 14.7 Å². The largest absolute Gasteiger partial charge is 0.481 e. The number of hydrogen-bond acceptors (Lipinski definition) is 4. The van der Waals surface area contributed by atoms with Gasteiger partial charge >= 0.3 is 5.97 Å². The molecule has 0 bridgehead atoms. The second-order valence-corrected chi connectivity index (χ2v) is 5.19. The first-order chi connectivity index (χ1) is 6.66. The molecular formula is C8H15NO3S2. The molecule has 0 aromatic rings. The van der Waals surface area contributed by atoms with Gasteiger partial charge in [-0.15, -0.1) is 0 Å². The Morgan fingerprint density at radius 3 is 2.50 bits per heavy atom. The van der Waals surface area contributed by atoms with E-state index in [9.17, 15) is 9.59 Å². The van der Waals surface area contributed by atoms with Crippen LogP contribution in [0.1, 0.15) is 19.8 Å². The van der Waals surface area contributed by atoms with Crippen molar-refractivity contribution in [2.24, 2.45) is 0 Å². The van der Waals surface area contributed by atoms with E-state index in [4.69, 9.17) is 5.11 Å². The molecule has 0 aromatic carbocycles. The van der Waals surface area contributed by atoms with Crippen LogP contribution in [0.25, 0.3) is 0 Å². The standard InChI is InChI=1S/C8H15NO3S2/c1-2-7(10)9-4-6-14-13-5-3-8(11)12/h2-6H2,1H3,(H,9,10)(H,11,12). The SMILES string of the molecule is CCC(=O)NCCSSCCC(=O)O. The summed E-state index contributed by atoms with van der Waals surface area (Å²) in [5.74, 6) is 0.719. The minimum absolute atomic E-state index is 0.0566. The maximum absolute atomic E-state index is 10.8. The summed E-state index contributed by atoms with van der Waals surface area (Å²) in [6.45, 7) is 2.46. The highest BCUT2D eigenvalue weighted by Crippen LogP contribution is 2.20. The molecule has 0 aromatic heterocycles. The minimum atomic E-state index is -0.766. The summed E-state index contributed by atoms with van der Waals surface area (Å²) in [5.41, 5.74) is 0. The molecule has 1 amide bonds. The molecular weight excluding hydrogens is 222 g/mol. The van der Waals surface area contributed by atoms with Crippen LogP contribution in [0.2, 0.25) is 0 Å². The van der Waals surface area contributed by atoms with E-state index in [1.54, 1.807) is 10.8 Å². The van der Waals surface area contributed by atoms with Gasteiger partial charge in [0, 0.05) is 24.5 Å². The fraction of sp³-hybridized carbons (Fsp3) is 0.750. The van der Waals surface area contributed by atoms with Crippen LogP contribution in [-0.2, 0) is 9.59 Å². The van der Waals surface area contributed by atoms with Gasteiger partial charge in [0.1, 0.15) is 0 Å². The van der Waals surface area contributed by atoms with Gasteiger partial charge in [0.2, 0.25) is 5.91 Å². The highest BCUT2D eigenvalue weighted by Gasteiger charge is 1.98. The molecule has 0 unspecified atom stereocenters. The van der Waals surface area contributed by atoms with E-state index in [1.807, 2.05) is 6.92 Å². The minimum Gasteiger partial charge on any atom is -0.481 e. The fourth-order valence-corrected chi connectivity index (χ4v) is 2.49. The molecule has 4 nitrogen and oxygen atoms in total. The molecule has 0 fully saturated rings. The lowest BCUT2D eigenvalue weighted by molar-refractivity contribution is -0.136. The number of nitrogens with one attached hydrogen (secondary N) is 1. The Labute approximate surface area is 91.6 Å². The van der Waals surface area contributed by atoms with Gasteiger partial charge in [0.25, 0.3) is 0 Å². The van der Waals surface area contributed by atoms with Crippen molar-refractivity contribution in [1.29, 1.82) is 0 Å². The van der Waals surface area contributed by atoms with Crippen LogP contribution in [0.4, 0.5) is 0 Å². The smallest absolute Gasteiger partial charge is 0.304 e. The van der Waals surface area contributed by atoms with Crippen molar-refractivity contribution in [3.05, 3.63) is 0 Å². The summed E-state index contributed by atoms with van der Waals surface area (Å²) >= 11 is 0. The third-order valence-corrected chi connectivity index (χ3v) is 3.72. The van der Waals surface area contributed by atoms with Crippen LogP contribution in [0, 0.1) is 0 Å². The Bertz CT molecular complexity index is 187. The zero-order chi connectivity index (χ0) is 10.8. The van der Waals surface area contributed by atoms with Crippen LogP contribution < -0.4 is 5.32 Å². The Kier molecular flexibility index (Phi) is 8.97. The van der Waals surface area contributed by atoms with Gasteiger partial charge in [0.15, 0.2) is 0 Å². The predicted molar refractivity (Wildman–Crippen MR) is 60.5 cm³/mol. The maximum Gasteiger partial charge on any atom is 0.304 e. The van der Waals surface area contributed by atoms with Crippen molar-refractivity contribution in [2.45, 2.75) is 19.8 Å². The summed E-state index contributed by atoms with van der Waals surface area (Å²) in [6.07, 6.45) is 0.704. The summed E-state index contributed by atoms with van der Waals surface area (Å²) in [4.78, 5) is 20.9. The van der Waals surface area contributed by atoms with Crippen molar-refractivity contribution in [1.82, 2.24) is 5.32 Å². The second-order valence-electron chi connectivity index (χ2n) is 2.49. The average molecular weight is 237 g/mol. The summed E-state index contributed by atoms with van der Waals surface area (Å²) < 4.78 is 0. The molecule has 0 aliphatic rings. The van der Waals surface area contributed by atoms with Crippen LogP contribution in [-0.4, -0.2) is 35.0 Å². The van der Waals surface area contributed by atoms with E-state index in [-0.39, 0.29) is 12.3 Å². The quantitative estimate of drug-likeness (QED) is 0.493. The first kappa shape index (κ1) is 13.6. The molecule has 0 radical (unpaired) electrons. The zero-order valence-electron chi connectivity index (χ0n) is 8.12. The number of hydrogen-bond donors (Lipinski definition) is 2. The van der Waals surface area contributed by atoms with Crippen molar-refractivity contribution >= 4 is 33.5 Å². The molecule has 0 saturated carbocycles. The van der Waals surface area contributed by atoms with Gasteiger partial charge in [0.05, 0.1) is 6.42 Å².